The third-order valence-corrected chi connectivity index (χ3v) is 3.55. The smallest absolute Gasteiger partial charge is 0.0821 e. The zero-order valence-corrected chi connectivity index (χ0v) is 10.2. The van der Waals surface area contributed by atoms with Crippen molar-refractivity contribution in [1.82, 2.24) is 4.98 Å². The first-order valence-corrected chi connectivity index (χ1v) is 6.48. The number of aromatic nitrogens is 1. The van der Waals surface area contributed by atoms with Crippen LogP contribution in [0, 0.1) is 0 Å². The molecule has 0 radical (unpaired) electrons. The van der Waals surface area contributed by atoms with Gasteiger partial charge in [-0.05, 0) is 30.5 Å². The van der Waals surface area contributed by atoms with Gasteiger partial charge >= 0.3 is 0 Å². The third kappa shape index (κ3) is 2.24. The Labute approximate surface area is 106 Å². The van der Waals surface area contributed by atoms with Crippen molar-refractivity contribution in [3.63, 3.8) is 0 Å². The van der Waals surface area contributed by atoms with Crippen LogP contribution in [0.25, 0.3) is 10.9 Å². The van der Waals surface area contributed by atoms with Crippen molar-refractivity contribution in [3.05, 3.63) is 42.1 Å². The van der Waals surface area contributed by atoms with Crippen LogP contribution in [0.4, 0.5) is 0 Å². The summed E-state index contributed by atoms with van der Waals surface area (Å²) < 4.78 is 5.58. The fourth-order valence-corrected chi connectivity index (χ4v) is 2.62. The molecule has 1 fully saturated rings. The van der Waals surface area contributed by atoms with Gasteiger partial charge in [0.1, 0.15) is 0 Å². The van der Waals surface area contributed by atoms with Crippen molar-refractivity contribution < 1.29 is 9.84 Å². The number of nitrogens with zero attached hydrogens (tertiary/aromatic N) is 1. The molecule has 2 atom stereocenters. The molecule has 1 N–H and O–H groups in total. The Balaban J connectivity index is 1.88. The maximum absolute atomic E-state index is 10.4. The molecule has 0 spiro atoms. The van der Waals surface area contributed by atoms with E-state index in [4.69, 9.17) is 4.74 Å². The summed E-state index contributed by atoms with van der Waals surface area (Å²) in [6.45, 7) is 0.828. The number of aliphatic hydroxyl groups is 1. The van der Waals surface area contributed by atoms with Gasteiger partial charge in [0.15, 0.2) is 0 Å². The minimum Gasteiger partial charge on any atom is -0.388 e. The number of hydrogen-bond donors (Lipinski definition) is 1. The molecule has 94 valence electrons. The SMILES string of the molecule is OC(CC1CCCO1)c1cccc2ncccc12. The lowest BCUT2D eigenvalue weighted by Crippen LogP contribution is -2.11. The Hall–Kier alpha value is -1.45. The van der Waals surface area contributed by atoms with Crippen molar-refractivity contribution in [2.24, 2.45) is 0 Å². The molecule has 2 unspecified atom stereocenters. The van der Waals surface area contributed by atoms with Crippen LogP contribution in [0.5, 0.6) is 0 Å². The molecule has 1 saturated heterocycles. The molecule has 0 aliphatic carbocycles. The molecule has 1 aliphatic rings. The van der Waals surface area contributed by atoms with Gasteiger partial charge in [-0.25, -0.2) is 0 Å². The highest BCUT2D eigenvalue weighted by atomic mass is 16.5. The molecular formula is C15H17NO2. The van der Waals surface area contributed by atoms with Crippen LogP contribution >= 0.6 is 0 Å². The Morgan fingerprint density at radius 3 is 3.11 bits per heavy atom. The molecule has 1 aliphatic heterocycles. The van der Waals surface area contributed by atoms with Gasteiger partial charge in [-0.15, -0.1) is 0 Å². The maximum atomic E-state index is 10.4. The molecule has 2 heterocycles. The molecule has 1 aromatic carbocycles. The first kappa shape index (κ1) is 11.6. The molecule has 18 heavy (non-hydrogen) atoms. The average Bonchev–Trinajstić information content (AvgIpc) is 2.91. The first-order chi connectivity index (χ1) is 8.84. The molecule has 0 bridgehead atoms. The van der Waals surface area contributed by atoms with Gasteiger partial charge in [0.25, 0.3) is 0 Å². The zero-order valence-electron chi connectivity index (χ0n) is 10.2. The van der Waals surface area contributed by atoms with E-state index >= 15 is 0 Å². The van der Waals surface area contributed by atoms with Gasteiger partial charge < -0.3 is 9.84 Å². The minimum absolute atomic E-state index is 0.201. The Bertz CT molecular complexity index is 530. The Morgan fingerprint density at radius 2 is 2.28 bits per heavy atom. The lowest BCUT2D eigenvalue weighted by molar-refractivity contribution is 0.0540. The summed E-state index contributed by atoms with van der Waals surface area (Å²) in [6.07, 6.45) is 4.34. The van der Waals surface area contributed by atoms with Crippen molar-refractivity contribution in [2.45, 2.75) is 31.5 Å². The minimum atomic E-state index is -0.471. The predicted octanol–water partition coefficient (Wildman–Crippen LogP) is 2.84. The highest BCUT2D eigenvalue weighted by molar-refractivity contribution is 5.82. The highest BCUT2D eigenvalue weighted by Crippen LogP contribution is 2.29. The molecule has 3 nitrogen and oxygen atoms in total. The topological polar surface area (TPSA) is 42.4 Å². The Morgan fingerprint density at radius 1 is 1.33 bits per heavy atom. The second kappa shape index (κ2) is 5.04. The molecule has 3 rings (SSSR count). The van der Waals surface area contributed by atoms with Crippen LogP contribution in [0.15, 0.2) is 36.5 Å². The van der Waals surface area contributed by atoms with Crippen molar-refractivity contribution in [2.75, 3.05) is 6.61 Å². The van der Waals surface area contributed by atoms with E-state index in [9.17, 15) is 5.11 Å². The Kier molecular flexibility index (Phi) is 3.26. The first-order valence-electron chi connectivity index (χ1n) is 6.48. The number of benzene rings is 1. The van der Waals surface area contributed by atoms with E-state index in [-0.39, 0.29) is 6.10 Å². The number of aliphatic hydroxyl groups excluding tert-OH is 1. The van der Waals surface area contributed by atoms with E-state index in [1.54, 1.807) is 6.20 Å². The molecule has 0 saturated carbocycles. The van der Waals surface area contributed by atoms with Gasteiger partial charge in [0.2, 0.25) is 0 Å². The molecule has 3 heteroatoms. The fraction of sp³-hybridized carbons (Fsp3) is 0.400. The van der Waals surface area contributed by atoms with Crippen molar-refractivity contribution >= 4 is 10.9 Å². The summed E-state index contributed by atoms with van der Waals surface area (Å²) in [6, 6.07) is 9.81. The summed E-state index contributed by atoms with van der Waals surface area (Å²) in [4.78, 5) is 4.31. The third-order valence-electron chi connectivity index (χ3n) is 3.55. The molecular weight excluding hydrogens is 226 g/mol. The summed E-state index contributed by atoms with van der Waals surface area (Å²) in [5.74, 6) is 0. The zero-order chi connectivity index (χ0) is 12.4. The van der Waals surface area contributed by atoms with E-state index < -0.39 is 6.10 Å². The standard InChI is InChI=1S/C15H17NO2/c17-15(10-11-4-3-9-18-11)13-5-1-7-14-12(13)6-2-8-16-14/h1-2,5-8,11,15,17H,3-4,9-10H2. The van der Waals surface area contributed by atoms with Crippen LogP contribution in [0.1, 0.15) is 30.9 Å². The van der Waals surface area contributed by atoms with E-state index in [1.807, 2.05) is 30.3 Å². The van der Waals surface area contributed by atoms with E-state index in [1.165, 1.54) is 0 Å². The number of rotatable bonds is 3. The normalized spacial score (nSPS) is 21.3. The highest BCUT2D eigenvalue weighted by Gasteiger charge is 2.21. The lowest BCUT2D eigenvalue weighted by atomic mass is 9.98. The molecule has 1 aromatic heterocycles. The average molecular weight is 243 g/mol. The van der Waals surface area contributed by atoms with Gasteiger partial charge in [-0.1, -0.05) is 18.2 Å². The van der Waals surface area contributed by atoms with E-state index in [0.717, 1.165) is 35.9 Å². The van der Waals surface area contributed by atoms with Crippen LogP contribution in [0.2, 0.25) is 0 Å². The number of pyridine rings is 1. The summed E-state index contributed by atoms with van der Waals surface area (Å²) in [7, 11) is 0. The molecule has 2 aromatic rings. The van der Waals surface area contributed by atoms with E-state index in [2.05, 4.69) is 4.98 Å². The van der Waals surface area contributed by atoms with Gasteiger partial charge in [0.05, 0.1) is 17.7 Å². The second-order valence-corrected chi connectivity index (χ2v) is 4.80. The summed E-state index contributed by atoms with van der Waals surface area (Å²) in [5.41, 5.74) is 1.89. The monoisotopic (exact) mass is 243 g/mol. The van der Waals surface area contributed by atoms with Gasteiger partial charge in [-0.3, -0.25) is 4.98 Å². The van der Waals surface area contributed by atoms with Crippen LogP contribution in [0.3, 0.4) is 0 Å². The van der Waals surface area contributed by atoms with Crippen LogP contribution in [-0.2, 0) is 4.74 Å². The quantitative estimate of drug-likeness (QED) is 0.901. The maximum Gasteiger partial charge on any atom is 0.0821 e. The second-order valence-electron chi connectivity index (χ2n) is 4.80. The number of ether oxygens (including phenoxy) is 1. The van der Waals surface area contributed by atoms with Crippen molar-refractivity contribution in [1.29, 1.82) is 0 Å². The number of hydrogen-bond acceptors (Lipinski definition) is 3. The van der Waals surface area contributed by atoms with Crippen molar-refractivity contribution in [3.8, 4) is 0 Å². The van der Waals surface area contributed by atoms with Gasteiger partial charge in [-0.2, -0.15) is 0 Å². The summed E-state index contributed by atoms with van der Waals surface area (Å²) >= 11 is 0. The van der Waals surface area contributed by atoms with Crippen LogP contribution in [-0.4, -0.2) is 22.8 Å². The lowest BCUT2D eigenvalue weighted by Gasteiger charge is -2.17. The fourth-order valence-electron chi connectivity index (χ4n) is 2.62. The van der Waals surface area contributed by atoms with Gasteiger partial charge in [0, 0.05) is 24.6 Å². The molecule has 0 amide bonds. The number of fused-ring (bicyclic) bond motifs is 1. The van der Waals surface area contributed by atoms with E-state index in [0.29, 0.717) is 6.42 Å². The predicted molar refractivity (Wildman–Crippen MR) is 70.3 cm³/mol. The summed E-state index contributed by atoms with van der Waals surface area (Å²) in [5, 5.41) is 11.4. The van der Waals surface area contributed by atoms with Crippen LogP contribution < -0.4 is 0 Å². The largest absolute Gasteiger partial charge is 0.388 e.